The van der Waals surface area contributed by atoms with E-state index in [2.05, 4.69) is 9.71 Å². The topological polar surface area (TPSA) is 68.3 Å². The van der Waals surface area contributed by atoms with Crippen LogP contribution in [0.4, 0.5) is 4.39 Å². The van der Waals surface area contributed by atoms with Crippen molar-refractivity contribution in [2.75, 3.05) is 0 Å². The molecule has 0 atom stereocenters. The quantitative estimate of drug-likeness (QED) is 0.665. The van der Waals surface area contributed by atoms with Crippen molar-refractivity contribution in [3.05, 3.63) is 82.8 Å². The van der Waals surface area contributed by atoms with Crippen molar-refractivity contribution in [2.45, 2.75) is 32.2 Å². The van der Waals surface area contributed by atoms with Gasteiger partial charge in [0.15, 0.2) is 0 Å². The number of hydrogen-bond donors (Lipinski definition) is 1. The number of halogens is 1. The first kappa shape index (κ1) is 20.0. The van der Waals surface area contributed by atoms with Gasteiger partial charge in [-0.1, -0.05) is 29.8 Å². The third-order valence-corrected chi connectivity index (χ3v) is 5.86. The molecule has 0 aliphatic carbocycles. The van der Waals surface area contributed by atoms with Crippen LogP contribution in [0.25, 0.3) is 0 Å². The van der Waals surface area contributed by atoms with Gasteiger partial charge in [0.05, 0.1) is 4.90 Å². The fourth-order valence-corrected chi connectivity index (χ4v) is 4.53. The number of aromatic nitrogens is 1. The molecule has 0 fully saturated rings. The summed E-state index contributed by atoms with van der Waals surface area (Å²) in [6.45, 7) is 5.61. The third kappa shape index (κ3) is 4.74. The van der Waals surface area contributed by atoms with Crippen LogP contribution >= 0.6 is 0 Å². The van der Waals surface area contributed by atoms with Gasteiger partial charge in [-0.15, -0.1) is 0 Å². The van der Waals surface area contributed by atoms with Gasteiger partial charge in [-0.2, -0.15) is 0 Å². The standard InChI is InChI=1S/C21H21FN2O3S/c1-14-9-15(2)21(16(3)10-14)28(25,26)24-13-17-7-8-20(23-12-17)27-19-6-4-5-18(22)11-19/h4-12,24H,13H2,1-3H3. The average molecular weight is 400 g/mol. The van der Waals surface area contributed by atoms with Crippen molar-refractivity contribution < 1.29 is 17.5 Å². The number of benzene rings is 2. The molecule has 1 heterocycles. The lowest BCUT2D eigenvalue weighted by Gasteiger charge is -2.13. The van der Waals surface area contributed by atoms with Crippen LogP contribution in [-0.2, 0) is 16.6 Å². The first-order valence-electron chi connectivity index (χ1n) is 8.70. The lowest BCUT2D eigenvalue weighted by Crippen LogP contribution is -2.25. The van der Waals surface area contributed by atoms with Crippen LogP contribution in [0.15, 0.2) is 59.6 Å². The Bertz CT molecular complexity index is 1070. The highest BCUT2D eigenvalue weighted by Gasteiger charge is 2.19. The van der Waals surface area contributed by atoms with Crippen LogP contribution < -0.4 is 9.46 Å². The summed E-state index contributed by atoms with van der Waals surface area (Å²) in [6.07, 6.45) is 1.52. The molecule has 28 heavy (non-hydrogen) atoms. The molecule has 146 valence electrons. The molecule has 3 aromatic rings. The minimum Gasteiger partial charge on any atom is -0.439 e. The van der Waals surface area contributed by atoms with Crippen LogP contribution in [0.1, 0.15) is 22.3 Å². The monoisotopic (exact) mass is 400 g/mol. The third-order valence-electron chi connectivity index (χ3n) is 4.16. The number of ether oxygens (including phenoxy) is 1. The van der Waals surface area contributed by atoms with Gasteiger partial charge < -0.3 is 4.74 Å². The van der Waals surface area contributed by atoms with E-state index in [1.54, 1.807) is 38.1 Å². The molecule has 7 heteroatoms. The maximum absolute atomic E-state index is 13.2. The van der Waals surface area contributed by atoms with E-state index >= 15 is 0 Å². The van der Waals surface area contributed by atoms with Crippen molar-refractivity contribution in [1.82, 2.24) is 9.71 Å². The molecule has 3 rings (SSSR count). The van der Waals surface area contributed by atoms with Crippen LogP contribution in [0.5, 0.6) is 11.6 Å². The van der Waals surface area contributed by atoms with Crippen molar-refractivity contribution in [3.63, 3.8) is 0 Å². The minimum absolute atomic E-state index is 0.0995. The predicted molar refractivity (Wildman–Crippen MR) is 105 cm³/mol. The van der Waals surface area contributed by atoms with E-state index < -0.39 is 15.8 Å². The second-order valence-corrected chi connectivity index (χ2v) is 8.32. The largest absolute Gasteiger partial charge is 0.439 e. The molecule has 0 radical (unpaired) electrons. The highest BCUT2D eigenvalue weighted by Crippen LogP contribution is 2.23. The van der Waals surface area contributed by atoms with Crippen LogP contribution in [0.3, 0.4) is 0 Å². The predicted octanol–water partition coefficient (Wildman–Crippen LogP) is 4.42. The summed E-state index contributed by atoms with van der Waals surface area (Å²) in [5.74, 6) is 0.235. The molecule has 0 aliphatic rings. The highest BCUT2D eigenvalue weighted by atomic mass is 32.2. The molecule has 5 nitrogen and oxygen atoms in total. The Morgan fingerprint density at radius 1 is 1.04 bits per heavy atom. The van der Waals surface area contributed by atoms with Crippen molar-refractivity contribution in [2.24, 2.45) is 0 Å². The highest BCUT2D eigenvalue weighted by molar-refractivity contribution is 7.89. The summed E-state index contributed by atoms with van der Waals surface area (Å²) in [7, 11) is -3.65. The van der Waals surface area contributed by atoms with Gasteiger partial charge in [-0.05, 0) is 49.6 Å². The Kier molecular flexibility index (Phi) is 5.76. The Morgan fingerprint density at radius 2 is 1.75 bits per heavy atom. The smallest absolute Gasteiger partial charge is 0.241 e. The number of rotatable bonds is 6. The molecule has 0 unspecified atom stereocenters. The number of hydrogen-bond acceptors (Lipinski definition) is 4. The van der Waals surface area contributed by atoms with E-state index in [0.717, 1.165) is 5.56 Å². The minimum atomic E-state index is -3.65. The number of sulfonamides is 1. The molecule has 0 bridgehead atoms. The van der Waals surface area contributed by atoms with Gasteiger partial charge in [0, 0.05) is 24.9 Å². The molecular formula is C21H21FN2O3S. The van der Waals surface area contributed by atoms with Crippen molar-refractivity contribution in [1.29, 1.82) is 0 Å². The second kappa shape index (κ2) is 8.08. The molecule has 0 saturated carbocycles. The first-order valence-corrected chi connectivity index (χ1v) is 10.2. The van der Waals surface area contributed by atoms with Crippen molar-refractivity contribution >= 4 is 10.0 Å². The number of nitrogens with one attached hydrogen (secondary N) is 1. The summed E-state index contributed by atoms with van der Waals surface area (Å²) >= 11 is 0. The Balaban J connectivity index is 1.69. The van der Waals surface area contributed by atoms with Crippen LogP contribution in [0.2, 0.25) is 0 Å². The SMILES string of the molecule is Cc1cc(C)c(S(=O)(=O)NCc2ccc(Oc3cccc(F)c3)nc2)c(C)c1. The summed E-state index contributed by atoms with van der Waals surface area (Å²) < 4.78 is 46.7. The summed E-state index contributed by atoms with van der Waals surface area (Å²) in [5, 5.41) is 0. The molecule has 0 saturated heterocycles. The van der Waals surface area contributed by atoms with Gasteiger partial charge in [0.2, 0.25) is 15.9 Å². The van der Waals surface area contributed by atoms with Crippen molar-refractivity contribution in [3.8, 4) is 11.6 Å². The van der Waals surface area contributed by atoms with E-state index in [-0.39, 0.29) is 6.54 Å². The first-order chi connectivity index (χ1) is 13.2. The summed E-state index contributed by atoms with van der Waals surface area (Å²) in [4.78, 5) is 4.45. The fourth-order valence-electron chi connectivity index (χ4n) is 3.07. The second-order valence-electron chi connectivity index (χ2n) is 6.62. The number of nitrogens with zero attached hydrogens (tertiary/aromatic N) is 1. The van der Waals surface area contributed by atoms with E-state index in [1.165, 1.54) is 18.3 Å². The number of pyridine rings is 1. The van der Waals surface area contributed by atoms with Crippen LogP contribution in [0, 0.1) is 26.6 Å². The van der Waals surface area contributed by atoms with Crippen LogP contribution in [-0.4, -0.2) is 13.4 Å². The Labute approximate surface area is 164 Å². The lowest BCUT2D eigenvalue weighted by atomic mass is 10.1. The van der Waals surface area contributed by atoms with Gasteiger partial charge in [-0.25, -0.2) is 22.5 Å². The summed E-state index contributed by atoms with van der Waals surface area (Å²) in [5.41, 5.74) is 3.12. The van der Waals surface area contributed by atoms with E-state index in [0.29, 0.717) is 33.2 Å². The maximum Gasteiger partial charge on any atom is 0.241 e. The molecule has 0 spiro atoms. The number of aryl methyl sites for hydroxylation is 3. The van der Waals surface area contributed by atoms with E-state index in [4.69, 9.17) is 4.74 Å². The van der Waals surface area contributed by atoms with Gasteiger partial charge in [0.25, 0.3) is 0 Å². The lowest BCUT2D eigenvalue weighted by molar-refractivity contribution is 0.457. The van der Waals surface area contributed by atoms with Gasteiger partial charge >= 0.3 is 0 Å². The maximum atomic E-state index is 13.2. The molecule has 1 aromatic heterocycles. The molecule has 0 amide bonds. The molecule has 2 aromatic carbocycles. The molecule has 0 aliphatic heterocycles. The Hall–Kier alpha value is -2.77. The van der Waals surface area contributed by atoms with E-state index in [9.17, 15) is 12.8 Å². The summed E-state index contributed by atoms with van der Waals surface area (Å²) in [6, 6.07) is 12.8. The van der Waals surface area contributed by atoms with Gasteiger partial charge in [0.1, 0.15) is 11.6 Å². The average Bonchev–Trinajstić information content (AvgIpc) is 2.60. The zero-order valence-corrected chi connectivity index (χ0v) is 16.7. The molecular weight excluding hydrogens is 379 g/mol. The molecule has 1 N–H and O–H groups in total. The van der Waals surface area contributed by atoms with E-state index in [1.807, 2.05) is 19.1 Å². The Morgan fingerprint density at radius 3 is 2.36 bits per heavy atom. The fraction of sp³-hybridized carbons (Fsp3) is 0.190. The normalized spacial score (nSPS) is 11.4. The zero-order valence-electron chi connectivity index (χ0n) is 15.9. The zero-order chi connectivity index (χ0) is 20.3. The van der Waals surface area contributed by atoms with Gasteiger partial charge in [-0.3, -0.25) is 0 Å².